The zero-order chi connectivity index (χ0) is 27.3. The number of aromatic nitrogens is 1. The van der Waals surface area contributed by atoms with E-state index in [4.69, 9.17) is 0 Å². The summed E-state index contributed by atoms with van der Waals surface area (Å²) in [6.45, 7) is 13.2. The van der Waals surface area contributed by atoms with Crippen LogP contribution in [0.3, 0.4) is 0 Å². The Balaban J connectivity index is 0.000000311. The SMILES string of the molecule is CC1CCC1.CCC(=O)CC(C)c1ccccc1.CCCC(C)=Nc1cc(C)c(C(F)(F)F)nc1C. The van der Waals surface area contributed by atoms with Gasteiger partial charge in [0.05, 0.1) is 11.4 Å². The third kappa shape index (κ3) is 11.5. The molecule has 0 radical (unpaired) electrons. The predicted molar refractivity (Wildman–Crippen MR) is 144 cm³/mol. The van der Waals surface area contributed by atoms with Crippen LogP contribution in [0.5, 0.6) is 0 Å². The molecule has 3 nitrogen and oxygen atoms in total. The second kappa shape index (κ2) is 15.6. The van der Waals surface area contributed by atoms with Gasteiger partial charge in [-0.25, -0.2) is 4.98 Å². The van der Waals surface area contributed by atoms with Crippen LogP contribution in [0, 0.1) is 19.8 Å². The Morgan fingerprint density at radius 3 is 2.17 bits per heavy atom. The van der Waals surface area contributed by atoms with Crippen molar-refractivity contribution in [3.63, 3.8) is 0 Å². The minimum atomic E-state index is -4.41. The molecule has 36 heavy (non-hydrogen) atoms. The van der Waals surface area contributed by atoms with Gasteiger partial charge in [0, 0.05) is 18.6 Å². The average Bonchev–Trinajstić information content (AvgIpc) is 2.80. The summed E-state index contributed by atoms with van der Waals surface area (Å²) in [5.74, 6) is 1.76. The molecular formula is C30H43F3N2O. The molecule has 0 N–H and O–H groups in total. The van der Waals surface area contributed by atoms with E-state index in [9.17, 15) is 18.0 Å². The summed E-state index contributed by atoms with van der Waals surface area (Å²) in [4.78, 5) is 19.1. The fourth-order valence-corrected chi connectivity index (χ4v) is 3.71. The lowest BCUT2D eigenvalue weighted by Gasteiger charge is -2.18. The van der Waals surface area contributed by atoms with Gasteiger partial charge in [0.1, 0.15) is 11.5 Å². The van der Waals surface area contributed by atoms with Crippen LogP contribution in [0.15, 0.2) is 41.4 Å². The van der Waals surface area contributed by atoms with Crippen molar-refractivity contribution < 1.29 is 18.0 Å². The van der Waals surface area contributed by atoms with Gasteiger partial charge >= 0.3 is 6.18 Å². The van der Waals surface area contributed by atoms with Crippen LogP contribution in [0.2, 0.25) is 0 Å². The van der Waals surface area contributed by atoms with Crippen LogP contribution >= 0.6 is 0 Å². The van der Waals surface area contributed by atoms with Crippen LogP contribution in [0.25, 0.3) is 0 Å². The number of aliphatic imine (C=N–C) groups is 1. The maximum atomic E-state index is 12.6. The highest BCUT2D eigenvalue weighted by Gasteiger charge is 2.34. The molecule has 2 aromatic rings. The Bertz CT molecular complexity index is 964. The summed E-state index contributed by atoms with van der Waals surface area (Å²) < 4.78 is 37.9. The van der Waals surface area contributed by atoms with E-state index < -0.39 is 11.9 Å². The second-order valence-electron chi connectivity index (χ2n) is 9.80. The molecular weight excluding hydrogens is 461 g/mol. The van der Waals surface area contributed by atoms with Crippen LogP contribution in [-0.2, 0) is 11.0 Å². The Kier molecular flexibility index (Phi) is 13.6. The number of rotatable bonds is 7. The molecule has 0 aliphatic heterocycles. The van der Waals surface area contributed by atoms with Gasteiger partial charge in [0.15, 0.2) is 0 Å². The normalized spacial score (nSPS) is 14.6. The molecule has 1 atom stereocenters. The van der Waals surface area contributed by atoms with Gasteiger partial charge in [-0.15, -0.1) is 0 Å². The molecule has 1 heterocycles. The van der Waals surface area contributed by atoms with E-state index in [0.29, 0.717) is 35.9 Å². The highest BCUT2D eigenvalue weighted by atomic mass is 19.4. The average molecular weight is 505 g/mol. The van der Waals surface area contributed by atoms with E-state index in [1.807, 2.05) is 39.0 Å². The van der Waals surface area contributed by atoms with Crippen molar-refractivity contribution in [3.8, 4) is 0 Å². The number of benzene rings is 1. The number of nitrogens with zero attached hydrogens (tertiary/aromatic N) is 2. The minimum absolute atomic E-state index is 0.108. The largest absolute Gasteiger partial charge is 0.433 e. The Labute approximate surface area is 215 Å². The van der Waals surface area contributed by atoms with Gasteiger partial charge < -0.3 is 0 Å². The first kappa shape index (κ1) is 31.5. The van der Waals surface area contributed by atoms with Gasteiger partial charge in [-0.2, -0.15) is 13.2 Å². The van der Waals surface area contributed by atoms with Crippen molar-refractivity contribution >= 4 is 17.2 Å². The number of hydrogen-bond acceptors (Lipinski definition) is 3. The number of carbonyl (C=O) groups is 1. The molecule has 1 aromatic carbocycles. The summed E-state index contributed by atoms with van der Waals surface area (Å²) in [6, 6.07) is 11.6. The standard InChI is InChI=1S/C13H17F3N2.C12H16O.C5H10/c1-5-6-9(3)17-11-7-8(2)12(13(14,15)16)18-10(11)4;1-3-12(13)9-10(2)11-7-5-4-6-8-11;1-5-3-2-4-5/h7H,5-6H2,1-4H3;4-8,10H,3,9H2,1-2H3;5H,2-4H2,1H3. The summed E-state index contributed by atoms with van der Waals surface area (Å²) in [5.41, 5.74) is 2.27. The van der Waals surface area contributed by atoms with Crippen molar-refractivity contribution in [1.29, 1.82) is 0 Å². The number of ketones is 1. The summed E-state index contributed by atoms with van der Waals surface area (Å²) in [7, 11) is 0. The van der Waals surface area contributed by atoms with E-state index >= 15 is 0 Å². The molecule has 0 saturated heterocycles. The first-order chi connectivity index (χ1) is 16.9. The second-order valence-corrected chi connectivity index (χ2v) is 9.80. The van der Waals surface area contributed by atoms with Crippen molar-refractivity contribution in [1.82, 2.24) is 4.98 Å². The van der Waals surface area contributed by atoms with Crippen LogP contribution in [-0.4, -0.2) is 16.5 Å². The molecule has 1 fully saturated rings. The lowest BCUT2D eigenvalue weighted by atomic mass is 9.88. The van der Waals surface area contributed by atoms with Crippen LogP contribution in [0.4, 0.5) is 18.9 Å². The fraction of sp³-hybridized carbons (Fsp3) is 0.567. The van der Waals surface area contributed by atoms with E-state index in [-0.39, 0.29) is 5.56 Å². The first-order valence-corrected chi connectivity index (χ1v) is 13.0. The lowest BCUT2D eigenvalue weighted by molar-refractivity contribution is -0.141. The zero-order valence-electron chi connectivity index (χ0n) is 23.0. The lowest BCUT2D eigenvalue weighted by Crippen LogP contribution is -2.11. The highest BCUT2D eigenvalue weighted by Crippen LogP contribution is 2.33. The third-order valence-electron chi connectivity index (χ3n) is 6.26. The van der Waals surface area contributed by atoms with E-state index in [2.05, 4.69) is 36.0 Å². The topological polar surface area (TPSA) is 42.3 Å². The first-order valence-electron chi connectivity index (χ1n) is 13.0. The maximum Gasteiger partial charge on any atom is 0.433 e. The van der Waals surface area contributed by atoms with Crippen molar-refractivity contribution in [2.75, 3.05) is 0 Å². The molecule has 0 amide bonds. The Morgan fingerprint density at radius 1 is 1.14 bits per heavy atom. The molecule has 200 valence electrons. The summed E-state index contributed by atoms with van der Waals surface area (Å²) >= 11 is 0. The minimum Gasteiger partial charge on any atom is -0.300 e. The zero-order valence-corrected chi connectivity index (χ0v) is 23.0. The molecule has 6 heteroatoms. The monoisotopic (exact) mass is 504 g/mol. The van der Waals surface area contributed by atoms with Crippen LogP contribution < -0.4 is 0 Å². The predicted octanol–water partition coefficient (Wildman–Crippen LogP) is 9.58. The quantitative estimate of drug-likeness (QED) is 0.352. The van der Waals surface area contributed by atoms with Gasteiger partial charge in [-0.05, 0) is 56.2 Å². The number of Topliss-reactive ketones (excluding diaryl/α,β-unsaturated/α-hetero) is 1. The Morgan fingerprint density at radius 2 is 1.72 bits per heavy atom. The molecule has 1 saturated carbocycles. The number of aryl methyl sites for hydroxylation is 2. The smallest absolute Gasteiger partial charge is 0.300 e. The molecule has 1 aliphatic rings. The molecule has 1 unspecified atom stereocenters. The van der Waals surface area contributed by atoms with Crippen molar-refractivity contribution in [2.45, 2.75) is 106 Å². The number of pyridine rings is 1. The molecule has 1 aliphatic carbocycles. The molecule has 1 aromatic heterocycles. The van der Waals surface area contributed by atoms with Crippen LogP contribution in [0.1, 0.15) is 108 Å². The number of alkyl halides is 3. The maximum absolute atomic E-state index is 12.6. The number of halogens is 3. The Hall–Kier alpha value is -2.50. The summed E-state index contributed by atoms with van der Waals surface area (Å²) in [5, 5.41) is 0. The fourth-order valence-electron chi connectivity index (χ4n) is 3.71. The van der Waals surface area contributed by atoms with Crippen molar-refractivity contribution in [2.24, 2.45) is 10.9 Å². The van der Waals surface area contributed by atoms with Gasteiger partial charge in [0.25, 0.3) is 0 Å². The third-order valence-corrected chi connectivity index (χ3v) is 6.26. The number of hydrogen-bond donors (Lipinski definition) is 0. The van der Waals surface area contributed by atoms with Gasteiger partial charge in [-0.1, -0.05) is 83.7 Å². The molecule has 3 rings (SSSR count). The van der Waals surface area contributed by atoms with E-state index in [0.717, 1.165) is 24.5 Å². The highest BCUT2D eigenvalue weighted by molar-refractivity contribution is 5.84. The van der Waals surface area contributed by atoms with Gasteiger partial charge in [0.2, 0.25) is 0 Å². The number of carbonyl (C=O) groups excluding carboxylic acids is 1. The van der Waals surface area contributed by atoms with E-state index in [1.54, 1.807) is 6.92 Å². The molecule has 0 spiro atoms. The van der Waals surface area contributed by atoms with Crippen molar-refractivity contribution in [3.05, 3.63) is 58.9 Å². The molecule has 0 bridgehead atoms. The van der Waals surface area contributed by atoms with E-state index in [1.165, 1.54) is 37.8 Å². The van der Waals surface area contributed by atoms with Gasteiger partial charge in [-0.3, -0.25) is 9.79 Å². The summed E-state index contributed by atoms with van der Waals surface area (Å²) in [6.07, 6.45) is 3.16.